The lowest BCUT2D eigenvalue weighted by atomic mass is 9.55. The second-order valence-electron chi connectivity index (χ2n) is 11.6. The van der Waals surface area contributed by atoms with Gasteiger partial charge in [-0.1, -0.05) is 51.6 Å². The third kappa shape index (κ3) is 9.70. The molecule has 33 heavy (non-hydrogen) atoms. The SMILES string of the molecule is CC(C)(C)OC=O.CCCC(C)(C)C(C)(C)NB(C)c1cccc(N2CCC(NC)CC2)c1. The number of piperidine rings is 1. The van der Waals surface area contributed by atoms with Crippen LogP contribution in [0.3, 0.4) is 0 Å². The van der Waals surface area contributed by atoms with Crippen LogP contribution in [0.2, 0.25) is 6.82 Å². The van der Waals surface area contributed by atoms with Gasteiger partial charge in [0.1, 0.15) is 5.60 Å². The Bertz CT molecular complexity index is 708. The van der Waals surface area contributed by atoms with Crippen LogP contribution in [0.15, 0.2) is 24.3 Å². The van der Waals surface area contributed by atoms with Gasteiger partial charge in [0, 0.05) is 30.4 Å². The zero-order chi connectivity index (χ0) is 25.3. The Morgan fingerprint density at radius 1 is 1.12 bits per heavy atom. The minimum Gasteiger partial charge on any atom is -0.462 e. The minimum atomic E-state index is -0.318. The van der Waals surface area contributed by atoms with E-state index >= 15 is 0 Å². The van der Waals surface area contributed by atoms with Gasteiger partial charge in [0.2, 0.25) is 0 Å². The van der Waals surface area contributed by atoms with E-state index in [4.69, 9.17) is 0 Å². The van der Waals surface area contributed by atoms with E-state index < -0.39 is 0 Å². The molecule has 0 aliphatic carbocycles. The van der Waals surface area contributed by atoms with E-state index in [1.807, 2.05) is 20.8 Å². The minimum absolute atomic E-state index is 0.0869. The second kappa shape index (κ2) is 12.8. The maximum Gasteiger partial charge on any atom is 0.293 e. The number of carbonyl (C=O) groups is 1. The average molecular weight is 460 g/mol. The number of ether oxygens (including phenoxy) is 1. The molecule has 0 bridgehead atoms. The highest BCUT2D eigenvalue weighted by Crippen LogP contribution is 2.35. The molecule has 0 aromatic heterocycles. The molecule has 0 spiro atoms. The smallest absolute Gasteiger partial charge is 0.293 e. The van der Waals surface area contributed by atoms with Crippen LogP contribution in [-0.4, -0.2) is 50.6 Å². The van der Waals surface area contributed by atoms with Crippen molar-refractivity contribution < 1.29 is 9.53 Å². The van der Waals surface area contributed by atoms with E-state index in [0.29, 0.717) is 19.4 Å². The van der Waals surface area contributed by atoms with Crippen molar-refractivity contribution in [2.75, 3.05) is 25.0 Å². The van der Waals surface area contributed by atoms with Crippen molar-refractivity contribution in [3.05, 3.63) is 24.3 Å². The molecule has 1 aromatic carbocycles. The molecule has 0 unspecified atom stereocenters. The van der Waals surface area contributed by atoms with Crippen LogP contribution in [0, 0.1) is 5.41 Å². The third-order valence-electron chi connectivity index (χ3n) is 7.18. The fraction of sp³-hybridized carbons (Fsp3) is 0.741. The lowest BCUT2D eigenvalue weighted by Crippen LogP contribution is -2.59. The van der Waals surface area contributed by atoms with Crippen molar-refractivity contribution in [3.63, 3.8) is 0 Å². The summed E-state index contributed by atoms with van der Waals surface area (Å²) in [5.74, 6) is 0. The first-order chi connectivity index (χ1) is 15.3. The molecule has 6 heteroatoms. The third-order valence-corrected chi connectivity index (χ3v) is 7.18. The molecule has 2 rings (SSSR count). The van der Waals surface area contributed by atoms with Gasteiger partial charge in [-0.3, -0.25) is 4.79 Å². The number of benzene rings is 1. The molecule has 0 radical (unpaired) electrons. The topological polar surface area (TPSA) is 53.6 Å². The van der Waals surface area contributed by atoms with Crippen molar-refractivity contribution in [1.82, 2.24) is 10.5 Å². The first-order valence-electron chi connectivity index (χ1n) is 12.7. The molecule has 1 aromatic rings. The number of carbonyl (C=O) groups excluding carboxylic acids is 1. The standard InChI is InChI=1S/C22H40BN3.C5H10O2/c1-8-14-21(2,3)22(4,5)25-23(6)18-10-9-11-20(17-18)26-15-12-19(24-7)13-16-26;1-5(2,3)7-4-6/h9-11,17,19,24-25H,8,12-16H2,1-7H3;4H,1-3H3. The molecule has 1 heterocycles. The fourth-order valence-corrected chi connectivity index (χ4v) is 4.32. The Kier molecular flexibility index (Phi) is 11.4. The Balaban J connectivity index is 0.000000675. The Morgan fingerprint density at radius 3 is 2.18 bits per heavy atom. The van der Waals surface area contributed by atoms with Gasteiger partial charge < -0.3 is 20.2 Å². The predicted octanol–water partition coefficient (Wildman–Crippen LogP) is 4.86. The van der Waals surface area contributed by atoms with Gasteiger partial charge in [-0.05, 0) is 78.5 Å². The number of nitrogens with one attached hydrogen (secondary N) is 2. The highest BCUT2D eigenvalue weighted by molar-refractivity contribution is 6.69. The molecule has 188 valence electrons. The summed E-state index contributed by atoms with van der Waals surface area (Å²) in [5.41, 5.74) is 2.79. The summed E-state index contributed by atoms with van der Waals surface area (Å²) in [6.45, 7) is 22.6. The van der Waals surface area contributed by atoms with E-state index in [0.717, 1.165) is 13.1 Å². The van der Waals surface area contributed by atoms with Crippen molar-refractivity contribution in [3.8, 4) is 0 Å². The highest BCUT2D eigenvalue weighted by Gasteiger charge is 2.37. The normalized spacial score (nSPS) is 15.5. The first-order valence-corrected chi connectivity index (χ1v) is 12.7. The summed E-state index contributed by atoms with van der Waals surface area (Å²) in [6, 6.07) is 9.82. The van der Waals surface area contributed by atoms with Crippen molar-refractivity contribution in [1.29, 1.82) is 0 Å². The molecular weight excluding hydrogens is 409 g/mol. The molecule has 0 amide bonds. The van der Waals surface area contributed by atoms with Crippen LogP contribution >= 0.6 is 0 Å². The molecular formula is C27H50BN3O2. The lowest BCUT2D eigenvalue weighted by Gasteiger charge is -2.44. The number of rotatable bonds is 9. The largest absolute Gasteiger partial charge is 0.462 e. The molecule has 1 fully saturated rings. The van der Waals surface area contributed by atoms with Crippen LogP contribution in [0.4, 0.5) is 5.69 Å². The molecule has 5 nitrogen and oxygen atoms in total. The Labute approximate surface area is 204 Å². The van der Waals surface area contributed by atoms with Gasteiger partial charge in [-0.2, -0.15) is 0 Å². The zero-order valence-electron chi connectivity index (χ0n) is 23.0. The summed E-state index contributed by atoms with van der Waals surface area (Å²) >= 11 is 0. The van der Waals surface area contributed by atoms with Gasteiger partial charge in [0.05, 0.1) is 0 Å². The maximum atomic E-state index is 9.60. The van der Waals surface area contributed by atoms with Crippen LogP contribution < -0.4 is 20.9 Å². The van der Waals surface area contributed by atoms with Crippen molar-refractivity contribution >= 4 is 24.5 Å². The highest BCUT2D eigenvalue weighted by atomic mass is 16.5. The van der Waals surface area contributed by atoms with Crippen LogP contribution in [0.25, 0.3) is 0 Å². The van der Waals surface area contributed by atoms with Crippen LogP contribution in [0.5, 0.6) is 0 Å². The Morgan fingerprint density at radius 2 is 1.73 bits per heavy atom. The van der Waals surface area contributed by atoms with E-state index in [-0.39, 0.29) is 16.6 Å². The average Bonchev–Trinajstić information content (AvgIpc) is 2.73. The maximum absolute atomic E-state index is 9.60. The summed E-state index contributed by atoms with van der Waals surface area (Å²) in [5, 5.41) is 7.33. The van der Waals surface area contributed by atoms with Gasteiger partial charge in [0.15, 0.2) is 0 Å². The monoisotopic (exact) mass is 459 g/mol. The second-order valence-corrected chi connectivity index (χ2v) is 11.6. The quantitative estimate of drug-likeness (QED) is 0.408. The van der Waals surface area contributed by atoms with Gasteiger partial charge >= 0.3 is 0 Å². The fourth-order valence-electron chi connectivity index (χ4n) is 4.32. The summed E-state index contributed by atoms with van der Waals surface area (Å²) in [4.78, 5) is 12.1. The van der Waals surface area contributed by atoms with Crippen molar-refractivity contribution in [2.45, 2.75) is 105 Å². The molecule has 1 aliphatic heterocycles. The van der Waals surface area contributed by atoms with Gasteiger partial charge in [0.25, 0.3) is 13.3 Å². The first kappa shape index (κ1) is 29.5. The number of hydrogen-bond donors (Lipinski definition) is 2. The summed E-state index contributed by atoms with van der Waals surface area (Å²) < 4.78 is 4.55. The summed E-state index contributed by atoms with van der Waals surface area (Å²) in [7, 11) is 2.08. The molecule has 0 saturated carbocycles. The van der Waals surface area contributed by atoms with E-state index in [1.54, 1.807) is 0 Å². The van der Waals surface area contributed by atoms with E-state index in [1.165, 1.54) is 36.8 Å². The van der Waals surface area contributed by atoms with Gasteiger partial charge in [-0.25, -0.2) is 0 Å². The number of anilines is 1. The van der Waals surface area contributed by atoms with Crippen LogP contribution in [-0.2, 0) is 9.53 Å². The zero-order valence-corrected chi connectivity index (χ0v) is 23.0. The number of nitrogens with zero attached hydrogens (tertiary/aromatic N) is 1. The van der Waals surface area contributed by atoms with Crippen molar-refractivity contribution in [2.24, 2.45) is 5.41 Å². The number of hydrogen-bond acceptors (Lipinski definition) is 5. The van der Waals surface area contributed by atoms with Crippen LogP contribution in [0.1, 0.15) is 81.1 Å². The van der Waals surface area contributed by atoms with Gasteiger partial charge in [-0.15, -0.1) is 0 Å². The molecule has 1 aliphatic rings. The molecule has 1 saturated heterocycles. The van der Waals surface area contributed by atoms with E-state index in [9.17, 15) is 4.79 Å². The molecule has 2 N–H and O–H groups in total. The van der Waals surface area contributed by atoms with E-state index in [2.05, 4.69) is 92.9 Å². The summed E-state index contributed by atoms with van der Waals surface area (Å²) in [6.07, 6.45) is 4.92. The Hall–Kier alpha value is -1.53. The lowest BCUT2D eigenvalue weighted by molar-refractivity contribution is -0.138. The predicted molar refractivity (Wildman–Crippen MR) is 145 cm³/mol. The molecule has 0 atom stereocenters.